The minimum atomic E-state index is 0.0453. The van der Waals surface area contributed by atoms with Crippen molar-refractivity contribution in [1.29, 1.82) is 0 Å². The Labute approximate surface area is 112 Å². The molecule has 0 aromatic carbocycles. The molecule has 1 aliphatic rings. The SMILES string of the molecule is Cc1ccc(C(=O)N2CCC(C(N)=S)CC2)cn1. The zero-order valence-electron chi connectivity index (χ0n) is 10.4. The summed E-state index contributed by atoms with van der Waals surface area (Å²) < 4.78 is 0. The molecule has 2 N–H and O–H groups in total. The summed E-state index contributed by atoms with van der Waals surface area (Å²) in [5, 5.41) is 0. The number of hydrogen-bond donors (Lipinski definition) is 1. The summed E-state index contributed by atoms with van der Waals surface area (Å²) in [5.41, 5.74) is 7.20. The summed E-state index contributed by atoms with van der Waals surface area (Å²) in [4.78, 5) is 18.8. The lowest BCUT2D eigenvalue weighted by Crippen LogP contribution is -2.41. The molecule has 0 spiro atoms. The Hall–Kier alpha value is -1.49. The van der Waals surface area contributed by atoms with E-state index in [1.165, 1.54) is 0 Å². The molecule has 0 atom stereocenters. The maximum absolute atomic E-state index is 12.2. The van der Waals surface area contributed by atoms with E-state index >= 15 is 0 Å². The van der Waals surface area contributed by atoms with Crippen LogP contribution < -0.4 is 5.73 Å². The van der Waals surface area contributed by atoms with E-state index in [2.05, 4.69) is 4.98 Å². The number of thiocarbonyl (C=S) groups is 1. The summed E-state index contributed by atoms with van der Waals surface area (Å²) in [6.45, 7) is 3.34. The average molecular weight is 263 g/mol. The van der Waals surface area contributed by atoms with E-state index < -0.39 is 0 Å². The first-order valence-corrected chi connectivity index (χ1v) is 6.50. The van der Waals surface area contributed by atoms with Crippen LogP contribution in [0.4, 0.5) is 0 Å². The lowest BCUT2D eigenvalue weighted by molar-refractivity contribution is 0.0710. The number of pyridine rings is 1. The van der Waals surface area contributed by atoms with Gasteiger partial charge in [-0.15, -0.1) is 0 Å². The number of aromatic nitrogens is 1. The molecule has 1 aromatic heterocycles. The minimum absolute atomic E-state index is 0.0453. The van der Waals surface area contributed by atoms with Gasteiger partial charge in [-0.25, -0.2) is 0 Å². The van der Waals surface area contributed by atoms with Crippen molar-refractivity contribution in [2.45, 2.75) is 19.8 Å². The molecule has 1 fully saturated rings. The third-order valence-corrected chi connectivity index (χ3v) is 3.68. The van der Waals surface area contributed by atoms with Gasteiger partial charge in [0, 0.05) is 30.9 Å². The Morgan fingerprint density at radius 1 is 1.44 bits per heavy atom. The van der Waals surface area contributed by atoms with E-state index in [-0.39, 0.29) is 11.8 Å². The fraction of sp³-hybridized carbons (Fsp3) is 0.462. The van der Waals surface area contributed by atoms with Crippen molar-refractivity contribution >= 4 is 23.1 Å². The van der Waals surface area contributed by atoms with Crippen molar-refractivity contribution in [3.63, 3.8) is 0 Å². The van der Waals surface area contributed by atoms with Crippen LogP contribution in [-0.2, 0) is 0 Å². The van der Waals surface area contributed by atoms with Crippen LogP contribution in [0.15, 0.2) is 18.3 Å². The van der Waals surface area contributed by atoms with Gasteiger partial charge in [0.05, 0.1) is 10.6 Å². The molecule has 2 rings (SSSR count). The second kappa shape index (κ2) is 5.44. The van der Waals surface area contributed by atoms with Crippen LogP contribution in [0.1, 0.15) is 28.9 Å². The highest BCUT2D eigenvalue weighted by atomic mass is 32.1. The van der Waals surface area contributed by atoms with Gasteiger partial charge in [0.15, 0.2) is 0 Å². The molecule has 0 radical (unpaired) electrons. The maximum atomic E-state index is 12.2. The van der Waals surface area contributed by atoms with Gasteiger partial charge in [-0.2, -0.15) is 0 Å². The maximum Gasteiger partial charge on any atom is 0.255 e. The van der Waals surface area contributed by atoms with Gasteiger partial charge in [0.2, 0.25) is 0 Å². The Morgan fingerprint density at radius 2 is 2.11 bits per heavy atom. The third-order valence-electron chi connectivity index (χ3n) is 3.34. The van der Waals surface area contributed by atoms with Crippen molar-refractivity contribution in [2.75, 3.05) is 13.1 Å². The van der Waals surface area contributed by atoms with Gasteiger partial charge in [-0.3, -0.25) is 9.78 Å². The Bertz CT molecular complexity index is 450. The molecule has 4 nitrogen and oxygen atoms in total. The summed E-state index contributed by atoms with van der Waals surface area (Å²) in [6, 6.07) is 3.68. The number of carbonyl (C=O) groups is 1. The predicted octanol–water partition coefficient (Wildman–Crippen LogP) is 1.53. The molecular weight excluding hydrogens is 246 g/mol. The van der Waals surface area contributed by atoms with Crippen LogP contribution in [0.2, 0.25) is 0 Å². The molecule has 96 valence electrons. The molecular formula is C13H17N3OS. The van der Waals surface area contributed by atoms with Crippen molar-refractivity contribution in [3.8, 4) is 0 Å². The van der Waals surface area contributed by atoms with Gasteiger partial charge in [0.1, 0.15) is 0 Å². The number of amides is 1. The summed E-state index contributed by atoms with van der Waals surface area (Å²) in [6.07, 6.45) is 3.36. The highest BCUT2D eigenvalue weighted by molar-refractivity contribution is 7.80. The largest absolute Gasteiger partial charge is 0.393 e. The van der Waals surface area contributed by atoms with Gasteiger partial charge < -0.3 is 10.6 Å². The molecule has 0 unspecified atom stereocenters. The van der Waals surface area contributed by atoms with E-state index in [0.29, 0.717) is 23.6 Å². The van der Waals surface area contributed by atoms with Crippen molar-refractivity contribution < 1.29 is 4.79 Å². The van der Waals surface area contributed by atoms with E-state index in [0.717, 1.165) is 18.5 Å². The molecule has 1 aromatic rings. The fourth-order valence-electron chi connectivity index (χ4n) is 2.14. The van der Waals surface area contributed by atoms with Crippen molar-refractivity contribution in [1.82, 2.24) is 9.88 Å². The molecule has 5 heteroatoms. The summed E-state index contributed by atoms with van der Waals surface area (Å²) >= 11 is 4.99. The second-order valence-corrected chi connectivity index (χ2v) is 5.13. The van der Waals surface area contributed by atoms with Crippen LogP contribution in [-0.4, -0.2) is 33.9 Å². The lowest BCUT2D eigenvalue weighted by Gasteiger charge is -2.31. The van der Waals surface area contributed by atoms with Crippen LogP contribution in [0.3, 0.4) is 0 Å². The molecule has 18 heavy (non-hydrogen) atoms. The number of nitrogens with two attached hydrogens (primary N) is 1. The highest BCUT2D eigenvalue weighted by Crippen LogP contribution is 2.19. The zero-order valence-corrected chi connectivity index (χ0v) is 11.2. The predicted molar refractivity (Wildman–Crippen MR) is 74.4 cm³/mol. The van der Waals surface area contributed by atoms with Crippen molar-refractivity contribution in [3.05, 3.63) is 29.6 Å². The monoisotopic (exact) mass is 263 g/mol. The van der Waals surface area contributed by atoms with Gasteiger partial charge >= 0.3 is 0 Å². The smallest absolute Gasteiger partial charge is 0.255 e. The first-order valence-electron chi connectivity index (χ1n) is 6.09. The zero-order chi connectivity index (χ0) is 13.1. The molecule has 1 saturated heterocycles. The average Bonchev–Trinajstić information content (AvgIpc) is 2.39. The number of aryl methyl sites for hydroxylation is 1. The number of rotatable bonds is 2. The topological polar surface area (TPSA) is 59.2 Å². The number of likely N-dealkylation sites (tertiary alicyclic amines) is 1. The summed E-state index contributed by atoms with van der Waals surface area (Å²) in [5.74, 6) is 0.323. The van der Waals surface area contributed by atoms with E-state index in [1.54, 1.807) is 6.20 Å². The first-order chi connectivity index (χ1) is 8.58. The second-order valence-electron chi connectivity index (χ2n) is 4.66. The van der Waals surface area contributed by atoms with E-state index in [1.807, 2.05) is 24.0 Å². The third kappa shape index (κ3) is 2.85. The van der Waals surface area contributed by atoms with Crippen LogP contribution in [0.5, 0.6) is 0 Å². The number of piperidine rings is 1. The number of hydrogen-bond acceptors (Lipinski definition) is 3. The normalized spacial score (nSPS) is 16.6. The first kappa shape index (κ1) is 13.0. The molecule has 0 saturated carbocycles. The standard InChI is InChI=1S/C13H17N3OS/c1-9-2-3-11(8-15-9)13(17)16-6-4-10(5-7-16)12(14)18/h2-3,8,10H,4-7H2,1H3,(H2,14,18). The van der Waals surface area contributed by atoms with Crippen LogP contribution >= 0.6 is 12.2 Å². The van der Waals surface area contributed by atoms with Crippen molar-refractivity contribution in [2.24, 2.45) is 11.7 Å². The van der Waals surface area contributed by atoms with Gasteiger partial charge in [0.25, 0.3) is 5.91 Å². The van der Waals surface area contributed by atoms with E-state index in [9.17, 15) is 4.79 Å². The van der Waals surface area contributed by atoms with Crippen LogP contribution in [0, 0.1) is 12.8 Å². The molecule has 1 amide bonds. The van der Waals surface area contributed by atoms with Gasteiger partial charge in [-0.05, 0) is 31.9 Å². The number of carbonyl (C=O) groups excluding carboxylic acids is 1. The molecule has 0 aliphatic carbocycles. The summed E-state index contributed by atoms with van der Waals surface area (Å²) in [7, 11) is 0. The molecule has 0 bridgehead atoms. The minimum Gasteiger partial charge on any atom is -0.393 e. The number of nitrogens with zero attached hydrogens (tertiary/aromatic N) is 2. The Morgan fingerprint density at radius 3 is 2.61 bits per heavy atom. The fourth-order valence-corrected chi connectivity index (χ4v) is 2.38. The lowest BCUT2D eigenvalue weighted by atomic mass is 9.96. The van der Waals surface area contributed by atoms with Gasteiger partial charge in [-0.1, -0.05) is 12.2 Å². The molecule has 1 aliphatic heterocycles. The quantitative estimate of drug-likeness (QED) is 0.822. The van der Waals surface area contributed by atoms with E-state index in [4.69, 9.17) is 18.0 Å². The van der Waals surface area contributed by atoms with Crippen LogP contribution in [0.25, 0.3) is 0 Å². The Balaban J connectivity index is 1.99. The highest BCUT2D eigenvalue weighted by Gasteiger charge is 2.24. The molecule has 2 heterocycles. The Kier molecular flexibility index (Phi) is 3.91.